The first-order valence-corrected chi connectivity index (χ1v) is 9.98. The second-order valence-corrected chi connectivity index (χ2v) is 7.60. The van der Waals surface area contributed by atoms with Gasteiger partial charge in [0.15, 0.2) is 0 Å². The number of piperidine rings is 1. The molecule has 2 fully saturated rings. The monoisotopic (exact) mass is 394 g/mol. The standard InChI is InChI=1S/C14H26N4O7S/c1-3-6-15-7-10(2)9-24-16-13(19)12-5-4-11-8-17(12)14(20)18(11)25-26(21,22)23/h10-12,15H,3-9H2,1-2H3,(H,16,19)(H,21,22,23)/t10?,11?,12-/m0/s1. The summed E-state index contributed by atoms with van der Waals surface area (Å²) in [5.74, 6) is -0.274. The summed E-state index contributed by atoms with van der Waals surface area (Å²) in [5.41, 5.74) is 2.35. The number of nitrogens with one attached hydrogen (secondary N) is 2. The van der Waals surface area contributed by atoms with Gasteiger partial charge in [0.1, 0.15) is 6.04 Å². The Morgan fingerprint density at radius 2 is 2.15 bits per heavy atom. The summed E-state index contributed by atoms with van der Waals surface area (Å²) in [6.45, 7) is 6.20. The van der Waals surface area contributed by atoms with E-state index in [9.17, 15) is 18.0 Å². The zero-order valence-corrected chi connectivity index (χ0v) is 15.7. The van der Waals surface area contributed by atoms with Gasteiger partial charge in [0.05, 0.1) is 12.6 Å². The number of hydrogen-bond acceptors (Lipinski definition) is 7. The van der Waals surface area contributed by atoms with Crippen molar-refractivity contribution in [2.24, 2.45) is 5.92 Å². The molecule has 0 aliphatic carbocycles. The first kappa shape index (κ1) is 20.8. The van der Waals surface area contributed by atoms with Gasteiger partial charge in [-0.15, -0.1) is 4.28 Å². The molecule has 2 bridgehead atoms. The number of rotatable bonds is 10. The predicted molar refractivity (Wildman–Crippen MR) is 89.8 cm³/mol. The molecule has 0 aromatic carbocycles. The van der Waals surface area contributed by atoms with E-state index in [1.54, 1.807) is 0 Å². The lowest BCUT2D eigenvalue weighted by molar-refractivity contribution is -0.139. The average Bonchev–Trinajstić information content (AvgIpc) is 2.79. The van der Waals surface area contributed by atoms with Crippen molar-refractivity contribution in [3.8, 4) is 0 Å². The highest BCUT2D eigenvalue weighted by atomic mass is 32.3. The lowest BCUT2D eigenvalue weighted by atomic mass is 10.0. The van der Waals surface area contributed by atoms with Gasteiger partial charge in [0.2, 0.25) is 0 Å². The molecule has 2 aliphatic heterocycles. The fourth-order valence-electron chi connectivity index (χ4n) is 3.01. The van der Waals surface area contributed by atoms with Gasteiger partial charge in [-0.3, -0.25) is 14.2 Å². The summed E-state index contributed by atoms with van der Waals surface area (Å²) in [7, 11) is -4.80. The Labute approximate surface area is 152 Å². The molecule has 2 unspecified atom stereocenters. The normalized spacial score (nSPS) is 24.0. The number of urea groups is 1. The van der Waals surface area contributed by atoms with Gasteiger partial charge < -0.3 is 10.2 Å². The SMILES string of the molecule is CCCNCC(C)CONC(=O)[C@@H]1CCC2CN1C(=O)N2OS(=O)(=O)O. The molecule has 12 heteroatoms. The maximum Gasteiger partial charge on any atom is 0.418 e. The lowest BCUT2D eigenvalue weighted by Gasteiger charge is -2.29. The van der Waals surface area contributed by atoms with Crippen molar-refractivity contribution in [2.75, 3.05) is 26.2 Å². The molecule has 3 amide bonds. The number of carbonyl (C=O) groups is 2. The van der Waals surface area contributed by atoms with Crippen LogP contribution in [0, 0.1) is 5.92 Å². The number of hydroxylamine groups is 3. The van der Waals surface area contributed by atoms with Gasteiger partial charge in [-0.05, 0) is 38.3 Å². The third kappa shape index (κ3) is 5.51. The third-order valence-electron chi connectivity index (χ3n) is 4.26. The van der Waals surface area contributed by atoms with E-state index in [0.29, 0.717) is 24.5 Å². The molecule has 11 nitrogen and oxygen atoms in total. The van der Waals surface area contributed by atoms with Crippen molar-refractivity contribution in [1.82, 2.24) is 20.8 Å². The molecule has 3 atom stereocenters. The molecule has 2 saturated heterocycles. The maximum atomic E-state index is 12.3. The van der Waals surface area contributed by atoms with Crippen LogP contribution < -0.4 is 10.8 Å². The van der Waals surface area contributed by atoms with E-state index in [1.165, 1.54) is 4.90 Å². The summed E-state index contributed by atoms with van der Waals surface area (Å²) < 4.78 is 34.8. The van der Waals surface area contributed by atoms with Crippen LogP contribution in [0.1, 0.15) is 33.1 Å². The highest BCUT2D eigenvalue weighted by molar-refractivity contribution is 7.80. The van der Waals surface area contributed by atoms with Gasteiger partial charge >= 0.3 is 16.4 Å². The maximum absolute atomic E-state index is 12.3. The van der Waals surface area contributed by atoms with Gasteiger partial charge in [-0.25, -0.2) is 10.3 Å². The van der Waals surface area contributed by atoms with Crippen molar-refractivity contribution < 1.29 is 31.7 Å². The quantitative estimate of drug-likeness (QED) is 0.260. The Morgan fingerprint density at radius 1 is 1.42 bits per heavy atom. The summed E-state index contributed by atoms with van der Waals surface area (Å²) in [6, 6.07) is -2.08. The Morgan fingerprint density at radius 3 is 2.81 bits per heavy atom. The molecule has 0 radical (unpaired) electrons. The first-order valence-electron chi connectivity index (χ1n) is 8.62. The highest BCUT2D eigenvalue weighted by Gasteiger charge is 2.49. The fraction of sp³-hybridized carbons (Fsp3) is 0.857. The molecule has 0 aromatic heterocycles. The minimum absolute atomic E-state index is 0.143. The van der Waals surface area contributed by atoms with Crippen LogP contribution in [0.15, 0.2) is 0 Å². The summed E-state index contributed by atoms with van der Waals surface area (Å²) in [5, 5.41) is 3.85. The smallest absolute Gasteiger partial charge is 0.316 e. The Balaban J connectivity index is 1.81. The molecule has 150 valence electrons. The number of amides is 3. The minimum Gasteiger partial charge on any atom is -0.316 e. The second kappa shape index (κ2) is 8.95. The Hall–Kier alpha value is -1.47. The van der Waals surface area contributed by atoms with E-state index < -0.39 is 34.4 Å². The van der Waals surface area contributed by atoms with Gasteiger partial charge in [0, 0.05) is 6.54 Å². The summed E-state index contributed by atoms with van der Waals surface area (Å²) in [6.07, 6.45) is 1.74. The van der Waals surface area contributed by atoms with Crippen molar-refractivity contribution in [1.29, 1.82) is 0 Å². The zero-order chi connectivity index (χ0) is 19.3. The molecule has 3 N–H and O–H groups in total. The van der Waals surface area contributed by atoms with Crippen LogP contribution in [0.5, 0.6) is 0 Å². The molecule has 26 heavy (non-hydrogen) atoms. The van der Waals surface area contributed by atoms with E-state index in [-0.39, 0.29) is 12.5 Å². The summed E-state index contributed by atoms with van der Waals surface area (Å²) >= 11 is 0. The van der Waals surface area contributed by atoms with Crippen LogP contribution in [0.2, 0.25) is 0 Å². The minimum atomic E-state index is -4.80. The van der Waals surface area contributed by atoms with Crippen molar-refractivity contribution >= 4 is 22.3 Å². The Bertz CT molecular complexity index is 614. The molecule has 2 rings (SSSR count). The number of hydrogen-bond donors (Lipinski definition) is 3. The molecule has 0 aromatic rings. The lowest BCUT2D eigenvalue weighted by Crippen LogP contribution is -2.50. The molecule has 2 aliphatic rings. The summed E-state index contributed by atoms with van der Waals surface area (Å²) in [4.78, 5) is 31.0. The van der Waals surface area contributed by atoms with E-state index in [2.05, 4.69) is 22.0 Å². The molecular formula is C14H26N4O7S. The number of carbonyl (C=O) groups excluding carboxylic acids is 2. The second-order valence-electron chi connectivity index (χ2n) is 6.60. The Kier molecular flexibility index (Phi) is 7.17. The van der Waals surface area contributed by atoms with Gasteiger partial charge in [-0.1, -0.05) is 13.8 Å². The largest absolute Gasteiger partial charge is 0.418 e. The van der Waals surface area contributed by atoms with E-state index >= 15 is 0 Å². The predicted octanol–water partition coefficient (Wildman–Crippen LogP) is -0.327. The average molecular weight is 394 g/mol. The van der Waals surface area contributed by atoms with Gasteiger partial charge in [0.25, 0.3) is 5.91 Å². The number of nitrogens with zero attached hydrogens (tertiary/aromatic N) is 2. The van der Waals surface area contributed by atoms with Crippen LogP contribution in [0.25, 0.3) is 0 Å². The van der Waals surface area contributed by atoms with Crippen molar-refractivity contribution in [3.05, 3.63) is 0 Å². The number of fused-ring (bicyclic) bond motifs is 2. The molecule has 2 heterocycles. The van der Waals surface area contributed by atoms with Crippen LogP contribution in [0.4, 0.5) is 4.79 Å². The molecule has 0 spiro atoms. The molecular weight excluding hydrogens is 368 g/mol. The van der Waals surface area contributed by atoms with Crippen molar-refractivity contribution in [3.63, 3.8) is 0 Å². The highest BCUT2D eigenvalue weighted by Crippen LogP contribution is 2.30. The van der Waals surface area contributed by atoms with E-state index in [4.69, 9.17) is 9.39 Å². The van der Waals surface area contributed by atoms with Gasteiger partial charge in [-0.2, -0.15) is 13.5 Å². The van der Waals surface area contributed by atoms with Crippen LogP contribution >= 0.6 is 0 Å². The fourth-order valence-corrected chi connectivity index (χ4v) is 3.40. The van der Waals surface area contributed by atoms with Crippen LogP contribution in [0.3, 0.4) is 0 Å². The molecule has 0 saturated carbocycles. The van der Waals surface area contributed by atoms with E-state index in [0.717, 1.165) is 19.5 Å². The topological polar surface area (TPSA) is 138 Å². The van der Waals surface area contributed by atoms with Crippen LogP contribution in [-0.2, 0) is 24.3 Å². The first-order chi connectivity index (χ1) is 12.2. The van der Waals surface area contributed by atoms with E-state index in [1.807, 2.05) is 6.92 Å². The third-order valence-corrected chi connectivity index (χ3v) is 4.61. The zero-order valence-electron chi connectivity index (χ0n) is 14.9. The van der Waals surface area contributed by atoms with Crippen molar-refractivity contribution in [2.45, 2.75) is 45.2 Å². The van der Waals surface area contributed by atoms with Crippen LogP contribution in [-0.4, -0.2) is 73.2 Å².